The van der Waals surface area contributed by atoms with Crippen molar-refractivity contribution in [3.63, 3.8) is 0 Å². The number of amides is 1. The van der Waals surface area contributed by atoms with Crippen LogP contribution in [-0.4, -0.2) is 48.7 Å². The van der Waals surface area contributed by atoms with Crippen molar-refractivity contribution in [3.8, 4) is 17.2 Å². The first-order valence-corrected chi connectivity index (χ1v) is 11.9. The minimum absolute atomic E-state index is 0.0827. The number of hydrogen-bond acceptors (Lipinski definition) is 7. The van der Waals surface area contributed by atoms with Crippen molar-refractivity contribution in [2.24, 2.45) is 11.8 Å². The van der Waals surface area contributed by atoms with E-state index in [0.29, 0.717) is 34.0 Å². The third-order valence-corrected chi connectivity index (χ3v) is 8.22. The van der Waals surface area contributed by atoms with E-state index in [1.54, 1.807) is 36.7 Å². The van der Waals surface area contributed by atoms with Gasteiger partial charge in [0, 0.05) is 35.4 Å². The molecular formula is C22H17FN6O3S. The number of fused-ring (bicyclic) bond motifs is 1. The maximum absolute atomic E-state index is 15.0. The molecule has 1 saturated carbocycles. The van der Waals surface area contributed by atoms with Crippen LogP contribution in [0.3, 0.4) is 0 Å². The lowest BCUT2D eigenvalue weighted by atomic mass is 9.97. The Balaban J connectivity index is 1.22. The maximum Gasteiger partial charge on any atom is 0.416 e. The largest absolute Gasteiger partial charge is 0.616 e. The fourth-order valence-corrected chi connectivity index (χ4v) is 6.90. The molecule has 3 fully saturated rings. The molecule has 1 aliphatic carbocycles. The second kappa shape index (κ2) is 7.26. The molecular weight excluding hydrogens is 447 g/mol. The van der Waals surface area contributed by atoms with Crippen LogP contribution in [0, 0.1) is 29.0 Å². The molecule has 0 radical (unpaired) electrons. The Morgan fingerprint density at radius 2 is 2.09 bits per heavy atom. The number of benzene rings is 1. The van der Waals surface area contributed by atoms with E-state index in [0.717, 1.165) is 0 Å². The number of cyclic esters (lactones) is 1. The number of aromatic nitrogens is 4. The number of rotatable bonds is 4. The number of carbonyl (C=O) groups is 1. The standard InChI is InChI=1S/C22H17FN6O3S/c23-18-7-14(28-9-20(32-21(28)30)29-6-5-26-27-29)2-3-15(18)13-1-4-19(25-8-13)22(12-24)16-10-33(31)11-17(16)22/h1-8,16-17,20H,9-11H2/t16-,17+,20?,22+,33?. The van der Waals surface area contributed by atoms with Gasteiger partial charge in [-0.25, -0.2) is 13.9 Å². The summed E-state index contributed by atoms with van der Waals surface area (Å²) in [7, 11) is 0. The van der Waals surface area contributed by atoms with E-state index in [1.165, 1.54) is 21.8 Å². The summed E-state index contributed by atoms with van der Waals surface area (Å²) in [5.74, 6) is 0.731. The van der Waals surface area contributed by atoms with Gasteiger partial charge in [-0.15, -0.1) is 5.10 Å². The minimum Gasteiger partial charge on any atom is -0.616 e. The Hall–Kier alpha value is -3.49. The summed E-state index contributed by atoms with van der Waals surface area (Å²) >= 11 is -0.853. The van der Waals surface area contributed by atoms with E-state index in [9.17, 15) is 14.6 Å². The fraction of sp³-hybridized carbons (Fsp3) is 0.318. The first-order chi connectivity index (χ1) is 16.0. The summed E-state index contributed by atoms with van der Waals surface area (Å²) in [6.07, 6.45) is 3.41. The average molecular weight is 464 g/mol. The molecule has 0 N–H and O–H groups in total. The van der Waals surface area contributed by atoms with Crippen molar-refractivity contribution in [1.82, 2.24) is 20.0 Å². The summed E-state index contributed by atoms with van der Waals surface area (Å²) in [6.45, 7) is 0.181. The molecule has 0 spiro atoms. The van der Waals surface area contributed by atoms with Gasteiger partial charge in [0.1, 0.15) is 22.7 Å². The van der Waals surface area contributed by atoms with Crippen molar-refractivity contribution in [3.05, 3.63) is 60.4 Å². The monoisotopic (exact) mass is 464 g/mol. The lowest BCUT2D eigenvalue weighted by molar-refractivity contribution is 0.0922. The Bertz CT molecular complexity index is 1270. The lowest BCUT2D eigenvalue weighted by Gasteiger charge is -2.16. The number of hydrogen-bond donors (Lipinski definition) is 0. The molecule has 1 amide bonds. The second-order valence-electron chi connectivity index (χ2n) is 8.40. The Labute approximate surface area is 191 Å². The fourth-order valence-electron chi connectivity index (χ4n) is 4.98. The zero-order chi connectivity index (χ0) is 22.7. The van der Waals surface area contributed by atoms with Crippen molar-refractivity contribution >= 4 is 23.0 Å². The molecule has 1 aromatic carbocycles. The van der Waals surface area contributed by atoms with Crippen LogP contribution in [0.25, 0.3) is 11.1 Å². The number of nitrogens with zero attached hydrogens (tertiary/aromatic N) is 6. The van der Waals surface area contributed by atoms with Crippen molar-refractivity contribution in [2.45, 2.75) is 11.6 Å². The van der Waals surface area contributed by atoms with E-state index >= 15 is 4.39 Å². The van der Waals surface area contributed by atoms with E-state index < -0.39 is 34.7 Å². The van der Waals surface area contributed by atoms with Crippen molar-refractivity contribution < 1.29 is 18.5 Å². The molecule has 3 aliphatic rings. The first kappa shape index (κ1) is 20.1. The highest BCUT2D eigenvalue weighted by atomic mass is 32.2. The smallest absolute Gasteiger partial charge is 0.416 e. The topological polar surface area (TPSA) is 120 Å². The van der Waals surface area contributed by atoms with Gasteiger partial charge in [-0.05, 0) is 24.3 Å². The molecule has 2 aliphatic heterocycles. The summed E-state index contributed by atoms with van der Waals surface area (Å²) in [5, 5.41) is 17.3. The minimum atomic E-state index is -0.853. The van der Waals surface area contributed by atoms with E-state index in [2.05, 4.69) is 21.4 Å². The molecule has 5 atom stereocenters. The van der Waals surface area contributed by atoms with Gasteiger partial charge in [-0.3, -0.25) is 9.88 Å². The van der Waals surface area contributed by atoms with Crippen LogP contribution >= 0.6 is 0 Å². The molecule has 2 unspecified atom stereocenters. The van der Waals surface area contributed by atoms with Crippen LogP contribution in [0.5, 0.6) is 0 Å². The van der Waals surface area contributed by atoms with Crippen LogP contribution in [0.15, 0.2) is 48.9 Å². The third-order valence-electron chi connectivity index (χ3n) is 6.76. The quantitative estimate of drug-likeness (QED) is 0.544. The molecule has 11 heteroatoms. The summed E-state index contributed by atoms with van der Waals surface area (Å²) in [6, 6.07) is 10.4. The molecule has 0 bridgehead atoms. The normalized spacial score (nSPS) is 30.1. The second-order valence-corrected chi connectivity index (χ2v) is 9.94. The molecule has 6 rings (SSSR count). The lowest BCUT2D eigenvalue weighted by Crippen LogP contribution is -2.24. The zero-order valence-electron chi connectivity index (χ0n) is 17.2. The van der Waals surface area contributed by atoms with Gasteiger partial charge in [0.25, 0.3) is 0 Å². The molecule has 4 heterocycles. The Kier molecular flexibility index (Phi) is 4.43. The van der Waals surface area contributed by atoms with Gasteiger partial charge in [-0.1, -0.05) is 22.5 Å². The van der Waals surface area contributed by atoms with Gasteiger partial charge in [0.2, 0.25) is 6.23 Å². The average Bonchev–Trinajstić information content (AvgIpc) is 3.33. The van der Waals surface area contributed by atoms with Gasteiger partial charge in [0.15, 0.2) is 0 Å². The molecule has 33 heavy (non-hydrogen) atoms. The van der Waals surface area contributed by atoms with Gasteiger partial charge >= 0.3 is 6.09 Å². The van der Waals surface area contributed by atoms with E-state index in [-0.39, 0.29) is 18.4 Å². The van der Waals surface area contributed by atoms with E-state index in [1.807, 2.05) is 0 Å². The number of halogens is 1. The molecule has 2 aromatic heterocycles. The Morgan fingerprint density at radius 1 is 1.27 bits per heavy atom. The molecule has 2 saturated heterocycles. The van der Waals surface area contributed by atoms with Crippen LogP contribution < -0.4 is 4.90 Å². The number of ether oxygens (including phenoxy) is 1. The van der Waals surface area contributed by atoms with Crippen LogP contribution in [0.2, 0.25) is 0 Å². The summed E-state index contributed by atoms with van der Waals surface area (Å²) in [4.78, 5) is 18.1. The maximum atomic E-state index is 15.0. The third kappa shape index (κ3) is 3.02. The zero-order valence-corrected chi connectivity index (χ0v) is 18.0. The number of carbonyl (C=O) groups excluding carboxylic acids is 1. The Morgan fingerprint density at radius 3 is 2.73 bits per heavy atom. The summed E-state index contributed by atoms with van der Waals surface area (Å²) < 4.78 is 33.4. The van der Waals surface area contributed by atoms with Gasteiger partial charge < -0.3 is 9.29 Å². The number of nitriles is 1. The van der Waals surface area contributed by atoms with Gasteiger partial charge in [0.05, 0.1) is 30.2 Å². The highest BCUT2D eigenvalue weighted by molar-refractivity contribution is 7.91. The highest BCUT2D eigenvalue weighted by Crippen LogP contribution is 2.63. The number of pyridine rings is 1. The highest BCUT2D eigenvalue weighted by Gasteiger charge is 2.73. The van der Waals surface area contributed by atoms with Crippen LogP contribution in [0.4, 0.5) is 14.9 Å². The van der Waals surface area contributed by atoms with Crippen molar-refractivity contribution in [1.29, 1.82) is 5.26 Å². The van der Waals surface area contributed by atoms with Crippen LogP contribution in [0.1, 0.15) is 11.9 Å². The van der Waals surface area contributed by atoms with E-state index in [4.69, 9.17) is 4.74 Å². The predicted octanol–water partition coefficient (Wildman–Crippen LogP) is 2.40. The summed E-state index contributed by atoms with van der Waals surface area (Å²) in [5.41, 5.74) is 1.24. The van der Waals surface area contributed by atoms with Crippen molar-refractivity contribution in [2.75, 3.05) is 23.0 Å². The molecule has 3 aromatic rings. The molecule has 9 nitrogen and oxygen atoms in total. The first-order valence-electron chi connectivity index (χ1n) is 10.4. The number of anilines is 1. The van der Waals surface area contributed by atoms with Crippen LogP contribution in [-0.2, 0) is 21.3 Å². The molecule has 166 valence electrons. The van der Waals surface area contributed by atoms with Gasteiger partial charge in [-0.2, -0.15) is 5.26 Å². The SMILES string of the molecule is N#C[C@]1(c2ccc(-c3ccc(N4CC(n5ccnn5)OC4=O)cc3F)cn2)[C@@H]2C[S+]([O-])C[C@@H]21. The predicted molar refractivity (Wildman–Crippen MR) is 115 cm³/mol.